The van der Waals surface area contributed by atoms with Crippen molar-refractivity contribution < 1.29 is 9.13 Å². The summed E-state index contributed by atoms with van der Waals surface area (Å²) in [4.78, 5) is 22.2. The molecule has 1 N–H and O–H groups in total. The van der Waals surface area contributed by atoms with Crippen LogP contribution in [0.25, 0.3) is 0 Å². The summed E-state index contributed by atoms with van der Waals surface area (Å²) in [5.74, 6) is 0.594. The van der Waals surface area contributed by atoms with E-state index in [4.69, 9.17) is 4.74 Å². The van der Waals surface area contributed by atoms with Crippen LogP contribution in [0.3, 0.4) is 0 Å². The van der Waals surface area contributed by atoms with Gasteiger partial charge in [0.2, 0.25) is 0 Å². The van der Waals surface area contributed by atoms with Crippen LogP contribution in [0.4, 0.5) is 4.39 Å². The Labute approximate surface area is 146 Å². The summed E-state index contributed by atoms with van der Waals surface area (Å²) in [7, 11) is 1.45. The summed E-state index contributed by atoms with van der Waals surface area (Å²) in [6, 6.07) is 4.97. The minimum absolute atomic E-state index is 0.0689. The third kappa shape index (κ3) is 3.74. The van der Waals surface area contributed by atoms with Crippen LogP contribution in [-0.2, 0) is 24.9 Å². The number of hydrogen-bond acceptors (Lipinski definition) is 4. The molecule has 1 aliphatic rings. The van der Waals surface area contributed by atoms with Gasteiger partial charge in [-0.05, 0) is 17.7 Å². The van der Waals surface area contributed by atoms with Crippen molar-refractivity contribution in [3.8, 4) is 5.75 Å². The van der Waals surface area contributed by atoms with Gasteiger partial charge in [0.25, 0.3) is 5.56 Å². The monoisotopic (exact) mass is 345 g/mol. The molecule has 0 saturated carbocycles. The van der Waals surface area contributed by atoms with Crippen LogP contribution < -0.4 is 10.3 Å². The second-order valence-corrected chi connectivity index (χ2v) is 7.52. The Kier molecular flexibility index (Phi) is 4.64. The average Bonchev–Trinajstić information content (AvgIpc) is 2.54. The Bertz CT molecular complexity index is 840. The summed E-state index contributed by atoms with van der Waals surface area (Å²) in [5, 5.41) is 0. The standard InChI is InChI=1S/C19H24FN3O2/c1-19(2,3)18-21-15-7-8-23(11-13(15)17(24)22-18)10-12-5-6-16(25-4)14(20)9-12/h5-6,9H,7-8,10-11H2,1-4H3,(H,21,22,24). The number of benzene rings is 1. The number of nitrogens with one attached hydrogen (secondary N) is 1. The van der Waals surface area contributed by atoms with Gasteiger partial charge in [0, 0.05) is 31.5 Å². The van der Waals surface area contributed by atoms with Gasteiger partial charge in [0.15, 0.2) is 11.6 Å². The van der Waals surface area contributed by atoms with Gasteiger partial charge in [0.05, 0.1) is 18.4 Å². The van der Waals surface area contributed by atoms with Gasteiger partial charge in [-0.25, -0.2) is 9.37 Å². The maximum absolute atomic E-state index is 13.9. The minimum atomic E-state index is -0.369. The lowest BCUT2D eigenvalue weighted by molar-refractivity contribution is 0.240. The zero-order chi connectivity index (χ0) is 18.2. The van der Waals surface area contributed by atoms with E-state index < -0.39 is 0 Å². The molecule has 0 atom stereocenters. The van der Waals surface area contributed by atoms with E-state index in [1.807, 2.05) is 26.8 Å². The van der Waals surface area contributed by atoms with Crippen LogP contribution in [0.5, 0.6) is 5.75 Å². The minimum Gasteiger partial charge on any atom is -0.494 e. The van der Waals surface area contributed by atoms with Gasteiger partial charge < -0.3 is 9.72 Å². The van der Waals surface area contributed by atoms with E-state index in [-0.39, 0.29) is 22.5 Å². The van der Waals surface area contributed by atoms with Crippen molar-refractivity contribution in [3.05, 3.63) is 57.0 Å². The Hall–Kier alpha value is -2.21. The van der Waals surface area contributed by atoms with E-state index in [1.165, 1.54) is 13.2 Å². The first kappa shape index (κ1) is 17.6. The van der Waals surface area contributed by atoms with E-state index >= 15 is 0 Å². The number of fused-ring (bicyclic) bond motifs is 1. The van der Waals surface area contributed by atoms with Crippen molar-refractivity contribution in [2.75, 3.05) is 13.7 Å². The van der Waals surface area contributed by atoms with Crippen molar-refractivity contribution in [1.82, 2.24) is 14.9 Å². The Balaban J connectivity index is 1.80. The first-order chi connectivity index (χ1) is 11.8. The van der Waals surface area contributed by atoms with Crippen LogP contribution in [0.1, 0.15) is 43.4 Å². The lowest BCUT2D eigenvalue weighted by atomic mass is 9.95. The quantitative estimate of drug-likeness (QED) is 0.929. The third-order valence-corrected chi connectivity index (χ3v) is 4.48. The molecule has 134 valence electrons. The van der Waals surface area contributed by atoms with E-state index in [0.717, 1.165) is 30.0 Å². The molecule has 1 aromatic heterocycles. The molecule has 0 bridgehead atoms. The number of ether oxygens (including phenoxy) is 1. The van der Waals surface area contributed by atoms with Crippen molar-refractivity contribution in [2.45, 2.75) is 45.7 Å². The Morgan fingerprint density at radius 1 is 1.36 bits per heavy atom. The van der Waals surface area contributed by atoms with Gasteiger partial charge in [-0.15, -0.1) is 0 Å². The first-order valence-electron chi connectivity index (χ1n) is 8.45. The van der Waals surface area contributed by atoms with E-state index in [0.29, 0.717) is 18.7 Å². The van der Waals surface area contributed by atoms with Gasteiger partial charge in [0.1, 0.15) is 5.82 Å². The highest BCUT2D eigenvalue weighted by atomic mass is 19.1. The molecule has 0 saturated heterocycles. The number of rotatable bonds is 3. The van der Waals surface area contributed by atoms with Crippen LogP contribution in [0.2, 0.25) is 0 Å². The lowest BCUT2D eigenvalue weighted by Crippen LogP contribution is -2.37. The summed E-state index contributed by atoms with van der Waals surface area (Å²) in [6.45, 7) is 8.00. The van der Waals surface area contributed by atoms with Crippen LogP contribution in [0, 0.1) is 5.82 Å². The first-order valence-corrected chi connectivity index (χ1v) is 8.45. The normalized spacial score (nSPS) is 15.1. The molecular weight excluding hydrogens is 321 g/mol. The molecule has 1 aliphatic heterocycles. The fourth-order valence-electron chi connectivity index (χ4n) is 3.04. The maximum atomic E-state index is 13.9. The lowest BCUT2D eigenvalue weighted by Gasteiger charge is -2.29. The second kappa shape index (κ2) is 6.59. The van der Waals surface area contributed by atoms with Crippen LogP contribution in [0.15, 0.2) is 23.0 Å². The fraction of sp³-hybridized carbons (Fsp3) is 0.474. The topological polar surface area (TPSA) is 58.2 Å². The van der Waals surface area contributed by atoms with Gasteiger partial charge in [-0.3, -0.25) is 9.69 Å². The highest BCUT2D eigenvalue weighted by Crippen LogP contribution is 2.23. The van der Waals surface area contributed by atoms with E-state index in [9.17, 15) is 9.18 Å². The smallest absolute Gasteiger partial charge is 0.255 e. The van der Waals surface area contributed by atoms with Crippen molar-refractivity contribution in [1.29, 1.82) is 0 Å². The summed E-state index contributed by atoms with van der Waals surface area (Å²) in [6.07, 6.45) is 0.723. The molecule has 1 aromatic carbocycles. The molecule has 2 aromatic rings. The molecule has 0 amide bonds. The van der Waals surface area contributed by atoms with Gasteiger partial charge in [-0.2, -0.15) is 0 Å². The molecule has 5 nitrogen and oxygen atoms in total. The van der Waals surface area contributed by atoms with Crippen LogP contribution >= 0.6 is 0 Å². The predicted molar refractivity (Wildman–Crippen MR) is 94.3 cm³/mol. The predicted octanol–water partition coefficient (Wildman–Crippen LogP) is 2.77. The SMILES string of the molecule is COc1ccc(CN2CCc3nc(C(C)(C)C)[nH]c(=O)c3C2)cc1F. The molecule has 0 spiro atoms. The Morgan fingerprint density at radius 3 is 2.76 bits per heavy atom. The number of aromatic amines is 1. The number of hydrogen-bond donors (Lipinski definition) is 1. The number of halogens is 1. The number of H-pyrrole nitrogens is 1. The molecule has 0 unspecified atom stereocenters. The molecule has 0 aliphatic carbocycles. The zero-order valence-corrected chi connectivity index (χ0v) is 15.1. The average molecular weight is 345 g/mol. The van der Waals surface area contributed by atoms with Crippen molar-refractivity contribution in [3.63, 3.8) is 0 Å². The molecule has 0 fully saturated rings. The zero-order valence-electron chi connectivity index (χ0n) is 15.1. The van der Waals surface area contributed by atoms with Gasteiger partial charge >= 0.3 is 0 Å². The summed E-state index contributed by atoms with van der Waals surface area (Å²) in [5.41, 5.74) is 2.20. The Morgan fingerprint density at radius 2 is 2.12 bits per heavy atom. The molecule has 25 heavy (non-hydrogen) atoms. The molecule has 0 radical (unpaired) electrons. The molecule has 6 heteroatoms. The van der Waals surface area contributed by atoms with Crippen LogP contribution in [-0.4, -0.2) is 28.5 Å². The van der Waals surface area contributed by atoms with Gasteiger partial charge in [-0.1, -0.05) is 26.8 Å². The number of aromatic nitrogens is 2. The summed E-state index contributed by atoms with van der Waals surface area (Å²) < 4.78 is 18.8. The second-order valence-electron chi connectivity index (χ2n) is 7.52. The van der Waals surface area contributed by atoms with E-state index in [2.05, 4.69) is 14.9 Å². The van der Waals surface area contributed by atoms with E-state index in [1.54, 1.807) is 6.07 Å². The molecule has 3 rings (SSSR count). The molecular formula is C19H24FN3O2. The highest BCUT2D eigenvalue weighted by Gasteiger charge is 2.24. The number of methoxy groups -OCH3 is 1. The van der Waals surface area contributed by atoms with Crippen molar-refractivity contribution >= 4 is 0 Å². The number of nitrogens with zero attached hydrogens (tertiary/aromatic N) is 2. The van der Waals surface area contributed by atoms with Crippen molar-refractivity contribution in [2.24, 2.45) is 0 Å². The molecule has 2 heterocycles. The largest absolute Gasteiger partial charge is 0.494 e. The highest BCUT2D eigenvalue weighted by molar-refractivity contribution is 5.30. The maximum Gasteiger partial charge on any atom is 0.255 e. The summed E-state index contributed by atoms with van der Waals surface area (Å²) >= 11 is 0. The fourth-order valence-corrected chi connectivity index (χ4v) is 3.04. The third-order valence-electron chi connectivity index (χ3n) is 4.48.